The monoisotopic (exact) mass is 499 g/mol. The van der Waals surface area contributed by atoms with Crippen LogP contribution in [0.4, 0.5) is 5.82 Å². The first-order chi connectivity index (χ1) is 18.3. The fourth-order valence-electron chi connectivity index (χ4n) is 5.97. The van der Waals surface area contributed by atoms with Gasteiger partial charge in [-0.25, -0.2) is 4.98 Å². The van der Waals surface area contributed by atoms with Gasteiger partial charge in [0, 0.05) is 37.2 Å². The number of nitrogens with zero attached hydrogens (tertiary/aromatic N) is 2. The Morgan fingerprint density at radius 3 is 2.46 bits per heavy atom. The van der Waals surface area contributed by atoms with Crippen molar-refractivity contribution in [3.63, 3.8) is 0 Å². The molecule has 1 amide bonds. The van der Waals surface area contributed by atoms with Gasteiger partial charge in [0.15, 0.2) is 0 Å². The Hall–Kier alpha value is -3.26. The highest BCUT2D eigenvalue weighted by Gasteiger charge is 2.40. The number of morpholine rings is 2. The van der Waals surface area contributed by atoms with Gasteiger partial charge < -0.3 is 19.7 Å². The molecule has 7 nitrogen and oxygen atoms in total. The van der Waals surface area contributed by atoms with Crippen LogP contribution in [-0.4, -0.2) is 70.0 Å². The third kappa shape index (κ3) is 4.99. The number of ether oxygens (including phenoxy) is 2. The highest BCUT2D eigenvalue weighted by Crippen LogP contribution is 2.38. The van der Waals surface area contributed by atoms with E-state index in [-0.39, 0.29) is 23.8 Å². The van der Waals surface area contributed by atoms with Gasteiger partial charge in [0.05, 0.1) is 44.6 Å². The van der Waals surface area contributed by atoms with Gasteiger partial charge >= 0.3 is 0 Å². The van der Waals surface area contributed by atoms with E-state index in [1.807, 2.05) is 18.2 Å². The van der Waals surface area contributed by atoms with Crippen LogP contribution in [0.1, 0.15) is 23.1 Å². The Labute approximate surface area is 218 Å². The molecule has 2 N–H and O–H groups in total. The molecule has 7 heteroatoms. The Morgan fingerprint density at radius 2 is 1.65 bits per heavy atom. The van der Waals surface area contributed by atoms with Gasteiger partial charge in [-0.05, 0) is 22.8 Å². The fourth-order valence-corrected chi connectivity index (χ4v) is 5.97. The Balaban J connectivity index is 1.26. The lowest BCUT2D eigenvalue weighted by atomic mass is 9.83. The van der Waals surface area contributed by atoms with Gasteiger partial charge in [0.1, 0.15) is 13.1 Å². The van der Waals surface area contributed by atoms with Crippen molar-refractivity contribution < 1.29 is 19.3 Å². The van der Waals surface area contributed by atoms with E-state index in [0.29, 0.717) is 26.3 Å². The molecule has 6 rings (SSSR count). The number of rotatable bonds is 5. The van der Waals surface area contributed by atoms with Crippen molar-refractivity contribution in [1.29, 1.82) is 0 Å². The smallest absolute Gasteiger partial charge is 0.274 e. The van der Waals surface area contributed by atoms with Crippen LogP contribution < -0.4 is 15.2 Å². The lowest BCUT2D eigenvalue weighted by Crippen LogP contribution is -2.47. The number of benzene rings is 2. The minimum Gasteiger partial charge on any atom is -0.377 e. The molecular weight excluding hydrogens is 464 g/mol. The molecule has 3 saturated heterocycles. The fraction of sp³-hybridized carbons (Fsp3) is 0.400. The minimum atomic E-state index is -0.109. The summed E-state index contributed by atoms with van der Waals surface area (Å²) < 4.78 is 11.3. The molecule has 2 aromatic carbocycles. The van der Waals surface area contributed by atoms with Gasteiger partial charge in [0.25, 0.3) is 5.82 Å². The molecule has 0 saturated carbocycles. The number of aromatic amines is 1. The maximum Gasteiger partial charge on any atom is 0.274 e. The molecule has 37 heavy (non-hydrogen) atoms. The summed E-state index contributed by atoms with van der Waals surface area (Å²) in [6.45, 7) is 6.56. The number of carbonyl (C=O) groups excluding carboxylic acids is 1. The molecule has 3 aromatic rings. The summed E-state index contributed by atoms with van der Waals surface area (Å²) in [4.78, 5) is 21.9. The first-order valence-corrected chi connectivity index (χ1v) is 13.4. The van der Waals surface area contributed by atoms with E-state index in [4.69, 9.17) is 9.47 Å². The standard InChI is InChI=1S/C30H34N4O3/c35-30(34-14-17-37-21-28(34)22-6-2-1-3-7-22)27-20-31-19-26(27)25-9-5-4-8-24(25)23-10-11-29(32-18-23)33-12-15-36-16-13-33/h1-11,18,26-28,31H,12-17,19-21H2/p+1/t26-,27+,28+/m0/s1. The van der Waals surface area contributed by atoms with E-state index in [1.165, 1.54) is 11.1 Å². The lowest BCUT2D eigenvalue weighted by Gasteiger charge is -2.38. The first kappa shape index (κ1) is 24.1. The van der Waals surface area contributed by atoms with E-state index >= 15 is 0 Å². The lowest BCUT2D eigenvalue weighted by molar-refractivity contribution is -0.363. The predicted octanol–water partition coefficient (Wildman–Crippen LogP) is 2.91. The number of H-pyrrole nitrogens is 1. The molecular formula is C30H35N4O3+. The van der Waals surface area contributed by atoms with Crippen molar-refractivity contribution in [2.75, 3.05) is 64.1 Å². The molecule has 3 aliphatic heterocycles. The Morgan fingerprint density at radius 1 is 0.865 bits per heavy atom. The van der Waals surface area contributed by atoms with Crippen LogP contribution in [0.3, 0.4) is 0 Å². The van der Waals surface area contributed by atoms with Crippen LogP contribution in [0.5, 0.6) is 0 Å². The first-order valence-electron chi connectivity index (χ1n) is 13.4. The van der Waals surface area contributed by atoms with Crippen molar-refractivity contribution in [2.45, 2.75) is 12.0 Å². The summed E-state index contributed by atoms with van der Waals surface area (Å²) in [5.74, 6) is 1.33. The molecule has 0 aliphatic carbocycles. The van der Waals surface area contributed by atoms with Gasteiger partial charge in [-0.2, -0.15) is 0 Å². The molecule has 0 bridgehead atoms. The highest BCUT2D eigenvalue weighted by molar-refractivity contribution is 5.82. The van der Waals surface area contributed by atoms with Gasteiger partial charge in [0.2, 0.25) is 5.91 Å². The zero-order valence-corrected chi connectivity index (χ0v) is 21.1. The third-order valence-electron chi connectivity index (χ3n) is 7.95. The summed E-state index contributed by atoms with van der Waals surface area (Å²) >= 11 is 0. The Kier molecular flexibility index (Phi) is 7.17. The van der Waals surface area contributed by atoms with Crippen molar-refractivity contribution in [3.05, 3.63) is 84.1 Å². The van der Waals surface area contributed by atoms with Crippen LogP contribution >= 0.6 is 0 Å². The molecule has 0 spiro atoms. The minimum absolute atomic E-state index is 0.0405. The van der Waals surface area contributed by atoms with Crippen molar-refractivity contribution in [2.24, 2.45) is 5.92 Å². The Bertz CT molecular complexity index is 1200. The maximum atomic E-state index is 14.0. The quantitative estimate of drug-likeness (QED) is 0.585. The molecule has 192 valence electrons. The average molecular weight is 500 g/mol. The number of anilines is 1. The number of hydrogen-bond acceptors (Lipinski definition) is 5. The van der Waals surface area contributed by atoms with Crippen molar-refractivity contribution >= 4 is 11.7 Å². The number of carbonyl (C=O) groups is 1. The summed E-state index contributed by atoms with van der Waals surface area (Å²) in [6, 6.07) is 23.1. The zero-order chi connectivity index (χ0) is 25.0. The number of nitrogens with one attached hydrogen (secondary N) is 2. The zero-order valence-electron chi connectivity index (χ0n) is 21.1. The van der Waals surface area contributed by atoms with E-state index in [0.717, 1.165) is 49.8 Å². The van der Waals surface area contributed by atoms with Gasteiger partial charge in [-0.1, -0.05) is 54.6 Å². The number of pyridine rings is 1. The molecule has 0 unspecified atom stereocenters. The molecule has 1 aromatic heterocycles. The van der Waals surface area contributed by atoms with Crippen molar-refractivity contribution in [3.8, 4) is 11.1 Å². The van der Waals surface area contributed by atoms with Crippen LogP contribution in [0, 0.1) is 5.92 Å². The van der Waals surface area contributed by atoms with Crippen LogP contribution in [-0.2, 0) is 14.3 Å². The largest absolute Gasteiger partial charge is 0.377 e. The van der Waals surface area contributed by atoms with Crippen LogP contribution in [0.15, 0.2) is 72.9 Å². The predicted molar refractivity (Wildman–Crippen MR) is 142 cm³/mol. The topological polar surface area (TPSA) is 68.2 Å². The van der Waals surface area contributed by atoms with E-state index in [2.05, 4.69) is 74.8 Å². The average Bonchev–Trinajstić information content (AvgIpc) is 3.48. The van der Waals surface area contributed by atoms with E-state index in [1.54, 1.807) is 0 Å². The second-order valence-corrected chi connectivity index (χ2v) is 10.1. The summed E-state index contributed by atoms with van der Waals surface area (Å²) in [6.07, 6.45) is 2.09. The van der Waals surface area contributed by atoms with Crippen molar-refractivity contribution in [1.82, 2.24) is 10.2 Å². The molecule has 3 atom stereocenters. The number of hydrogen-bond donors (Lipinski definition) is 1. The van der Waals surface area contributed by atoms with Gasteiger partial charge in [-0.3, -0.25) is 9.69 Å². The number of aromatic nitrogens is 1. The normalized spacial score (nSPS) is 24.3. The van der Waals surface area contributed by atoms with Gasteiger partial charge in [-0.15, -0.1) is 0 Å². The van der Waals surface area contributed by atoms with E-state index < -0.39 is 0 Å². The summed E-state index contributed by atoms with van der Waals surface area (Å²) in [7, 11) is 0. The highest BCUT2D eigenvalue weighted by atomic mass is 16.5. The molecule has 0 radical (unpaired) electrons. The second kappa shape index (κ2) is 11.0. The summed E-state index contributed by atoms with van der Waals surface area (Å²) in [5, 5.41) is 3.52. The van der Waals surface area contributed by atoms with Crippen LogP contribution in [0.2, 0.25) is 0 Å². The summed E-state index contributed by atoms with van der Waals surface area (Å²) in [5.41, 5.74) is 4.68. The molecule has 3 fully saturated rings. The van der Waals surface area contributed by atoms with E-state index in [9.17, 15) is 4.79 Å². The third-order valence-corrected chi connectivity index (χ3v) is 7.95. The van der Waals surface area contributed by atoms with Crippen LogP contribution in [0.25, 0.3) is 11.1 Å². The maximum absolute atomic E-state index is 14.0. The SMILES string of the molecule is O=C([C@@H]1CNC[C@H]1c1ccccc1-c1ccc(N2CCOCC2)[nH+]c1)N1CCOC[C@@H]1c1ccccc1. The number of amides is 1. The molecule has 3 aliphatic rings. The molecule has 4 heterocycles. The second-order valence-electron chi connectivity index (χ2n) is 10.1.